The van der Waals surface area contributed by atoms with Gasteiger partial charge in [-0.15, -0.1) is 24.8 Å². The Labute approximate surface area is 129 Å². The maximum Gasteiger partial charge on any atom is 0.222 e. The van der Waals surface area contributed by atoms with Crippen molar-refractivity contribution in [2.45, 2.75) is 26.4 Å². The van der Waals surface area contributed by atoms with E-state index in [0.29, 0.717) is 19.5 Å². The van der Waals surface area contributed by atoms with E-state index < -0.39 is 0 Å². The number of nitrogens with one attached hydrogen (secondary N) is 1. The van der Waals surface area contributed by atoms with Gasteiger partial charge in [0.1, 0.15) is 0 Å². The van der Waals surface area contributed by atoms with Gasteiger partial charge in [-0.3, -0.25) is 4.79 Å². The molecule has 0 heterocycles. The first kappa shape index (κ1) is 24.0. The second-order valence-corrected chi connectivity index (χ2v) is 5.48. The predicted molar refractivity (Wildman–Crippen MR) is 84.3 cm³/mol. The van der Waals surface area contributed by atoms with Crippen LogP contribution in [-0.4, -0.2) is 57.8 Å². The molecule has 0 saturated carbocycles. The highest BCUT2D eigenvalue weighted by Gasteiger charge is 2.20. The maximum atomic E-state index is 11.6. The van der Waals surface area contributed by atoms with E-state index in [-0.39, 0.29) is 42.2 Å². The lowest BCUT2D eigenvalue weighted by Gasteiger charge is -2.28. The fourth-order valence-electron chi connectivity index (χ4n) is 1.79. The van der Waals surface area contributed by atoms with E-state index in [9.17, 15) is 4.79 Å². The van der Waals surface area contributed by atoms with Gasteiger partial charge in [-0.1, -0.05) is 13.8 Å². The minimum Gasteiger partial charge on any atom is -0.380 e. The largest absolute Gasteiger partial charge is 0.380 e. The van der Waals surface area contributed by atoms with E-state index in [1.54, 1.807) is 7.11 Å². The smallest absolute Gasteiger partial charge is 0.222 e. The second kappa shape index (κ2) is 11.7. The zero-order valence-corrected chi connectivity index (χ0v) is 14.2. The molecule has 5 nitrogen and oxygen atoms in total. The summed E-state index contributed by atoms with van der Waals surface area (Å²) in [5.74, 6) is -0.00543. The number of ether oxygens (including phenoxy) is 1. The molecule has 19 heavy (non-hydrogen) atoms. The summed E-state index contributed by atoms with van der Waals surface area (Å²) < 4.78 is 5.07. The van der Waals surface area contributed by atoms with E-state index in [0.717, 1.165) is 6.54 Å². The summed E-state index contributed by atoms with van der Waals surface area (Å²) in [6.07, 6.45) is 0.136. The molecule has 0 aliphatic heterocycles. The van der Waals surface area contributed by atoms with Crippen molar-refractivity contribution in [3.63, 3.8) is 0 Å². The molecule has 0 aliphatic rings. The zero-order chi connectivity index (χ0) is 13.5. The average Bonchev–Trinajstić information content (AvgIpc) is 2.21. The Bertz CT molecular complexity index is 235. The SMILES string of the molecule is COC(CN)CC(=O)NCC(C)(C)CN(C)C.Cl.Cl. The van der Waals surface area contributed by atoms with Crippen LogP contribution in [0.5, 0.6) is 0 Å². The number of hydrogen-bond acceptors (Lipinski definition) is 4. The van der Waals surface area contributed by atoms with E-state index in [1.807, 2.05) is 14.1 Å². The molecule has 0 saturated heterocycles. The molecule has 1 atom stereocenters. The topological polar surface area (TPSA) is 67.6 Å². The third-order valence-electron chi connectivity index (χ3n) is 2.52. The van der Waals surface area contributed by atoms with Crippen LogP contribution in [0, 0.1) is 5.41 Å². The van der Waals surface area contributed by atoms with Gasteiger partial charge in [-0.25, -0.2) is 0 Å². The number of hydrogen-bond donors (Lipinski definition) is 2. The van der Waals surface area contributed by atoms with Crippen LogP contribution in [0.25, 0.3) is 0 Å². The molecule has 0 bridgehead atoms. The molecule has 0 radical (unpaired) electrons. The summed E-state index contributed by atoms with van der Waals surface area (Å²) in [6.45, 7) is 6.21. The summed E-state index contributed by atoms with van der Waals surface area (Å²) in [7, 11) is 5.62. The monoisotopic (exact) mass is 317 g/mol. The van der Waals surface area contributed by atoms with E-state index in [2.05, 4.69) is 24.1 Å². The van der Waals surface area contributed by atoms with Gasteiger partial charge in [-0.2, -0.15) is 0 Å². The van der Waals surface area contributed by atoms with Gasteiger partial charge >= 0.3 is 0 Å². The third kappa shape index (κ3) is 12.7. The third-order valence-corrected chi connectivity index (χ3v) is 2.52. The Balaban J connectivity index is -0.00000128. The molecule has 0 rings (SSSR count). The molecule has 0 aromatic heterocycles. The van der Waals surface area contributed by atoms with Crippen molar-refractivity contribution in [2.24, 2.45) is 11.1 Å². The second-order valence-electron chi connectivity index (χ2n) is 5.48. The maximum absolute atomic E-state index is 11.6. The number of nitrogens with zero attached hydrogens (tertiary/aromatic N) is 1. The van der Waals surface area contributed by atoms with Gasteiger partial charge < -0.3 is 20.7 Å². The minimum atomic E-state index is -0.188. The minimum absolute atomic E-state index is 0. The number of carbonyl (C=O) groups is 1. The van der Waals surface area contributed by atoms with E-state index in [1.165, 1.54) is 0 Å². The molecule has 0 aromatic rings. The van der Waals surface area contributed by atoms with Gasteiger partial charge in [-0.05, 0) is 19.5 Å². The number of methoxy groups -OCH3 is 1. The fourth-order valence-corrected chi connectivity index (χ4v) is 1.79. The summed E-state index contributed by atoms with van der Waals surface area (Å²) in [5, 5.41) is 2.93. The molecule has 3 N–H and O–H groups in total. The average molecular weight is 318 g/mol. The predicted octanol–water partition coefficient (Wildman–Crippen LogP) is 0.898. The standard InChI is InChI=1S/C12H27N3O2.2ClH/c1-12(2,9-15(3)4)8-14-11(16)6-10(7-13)17-5;;/h10H,6-9,13H2,1-5H3,(H,14,16);2*1H. The fraction of sp³-hybridized carbons (Fsp3) is 0.917. The van der Waals surface area contributed by atoms with Crippen LogP contribution in [0.15, 0.2) is 0 Å². The number of nitrogens with two attached hydrogens (primary N) is 1. The van der Waals surface area contributed by atoms with Crippen molar-refractivity contribution in [2.75, 3.05) is 40.8 Å². The Morgan fingerprint density at radius 1 is 1.37 bits per heavy atom. The van der Waals surface area contributed by atoms with Crippen LogP contribution in [0.1, 0.15) is 20.3 Å². The summed E-state index contributed by atoms with van der Waals surface area (Å²) in [5.41, 5.74) is 5.53. The normalized spacial score (nSPS) is 12.4. The van der Waals surface area contributed by atoms with E-state index >= 15 is 0 Å². The highest BCUT2D eigenvalue weighted by molar-refractivity contribution is 5.85. The highest BCUT2D eigenvalue weighted by Crippen LogP contribution is 2.14. The molecule has 0 aliphatic carbocycles. The Kier molecular flexibility index (Phi) is 14.8. The summed E-state index contributed by atoms with van der Waals surface area (Å²) in [6, 6.07) is 0. The molecule has 1 unspecified atom stereocenters. The lowest BCUT2D eigenvalue weighted by Crippen LogP contribution is -2.41. The van der Waals surface area contributed by atoms with Crippen LogP contribution < -0.4 is 11.1 Å². The number of rotatable bonds is 8. The van der Waals surface area contributed by atoms with Gasteiger partial charge in [0, 0.05) is 26.7 Å². The Morgan fingerprint density at radius 2 is 1.89 bits per heavy atom. The highest BCUT2D eigenvalue weighted by atomic mass is 35.5. The number of halogens is 2. The number of amides is 1. The summed E-state index contributed by atoms with van der Waals surface area (Å²) >= 11 is 0. The van der Waals surface area contributed by atoms with Crippen molar-refractivity contribution in [1.29, 1.82) is 0 Å². The molecule has 0 spiro atoms. The first-order chi connectivity index (χ1) is 7.80. The molecule has 7 heteroatoms. The van der Waals surface area contributed by atoms with Crippen molar-refractivity contribution < 1.29 is 9.53 Å². The molecular weight excluding hydrogens is 289 g/mol. The lowest BCUT2D eigenvalue weighted by molar-refractivity contribution is -0.123. The quantitative estimate of drug-likeness (QED) is 0.698. The van der Waals surface area contributed by atoms with Crippen LogP contribution in [-0.2, 0) is 9.53 Å². The first-order valence-corrected chi connectivity index (χ1v) is 5.95. The van der Waals surface area contributed by atoms with Crippen molar-refractivity contribution >= 4 is 30.7 Å². The van der Waals surface area contributed by atoms with Crippen molar-refractivity contribution in [3.05, 3.63) is 0 Å². The lowest BCUT2D eigenvalue weighted by atomic mass is 9.93. The molecule has 0 fully saturated rings. The van der Waals surface area contributed by atoms with Gasteiger partial charge in [0.15, 0.2) is 0 Å². The van der Waals surface area contributed by atoms with Crippen LogP contribution in [0.2, 0.25) is 0 Å². The summed E-state index contributed by atoms with van der Waals surface area (Å²) in [4.78, 5) is 13.8. The molecule has 0 aromatic carbocycles. The Hall–Kier alpha value is -0.0700. The van der Waals surface area contributed by atoms with Gasteiger partial charge in [0.05, 0.1) is 12.5 Å². The molecule has 1 amide bonds. The van der Waals surface area contributed by atoms with Gasteiger partial charge in [0.25, 0.3) is 0 Å². The van der Waals surface area contributed by atoms with Crippen LogP contribution >= 0.6 is 24.8 Å². The zero-order valence-electron chi connectivity index (χ0n) is 12.6. The van der Waals surface area contributed by atoms with Crippen LogP contribution in [0.3, 0.4) is 0 Å². The number of carbonyl (C=O) groups excluding carboxylic acids is 1. The first-order valence-electron chi connectivity index (χ1n) is 5.95. The Morgan fingerprint density at radius 3 is 2.26 bits per heavy atom. The van der Waals surface area contributed by atoms with Crippen LogP contribution in [0.4, 0.5) is 0 Å². The van der Waals surface area contributed by atoms with E-state index in [4.69, 9.17) is 10.5 Å². The molecule has 118 valence electrons. The molecular formula is C12H29Cl2N3O2. The van der Waals surface area contributed by atoms with Crippen molar-refractivity contribution in [1.82, 2.24) is 10.2 Å². The van der Waals surface area contributed by atoms with Gasteiger partial charge in [0.2, 0.25) is 5.91 Å². The van der Waals surface area contributed by atoms with Crippen molar-refractivity contribution in [3.8, 4) is 0 Å².